The Kier molecular flexibility index (Phi) is 2.98. The molecule has 0 aliphatic heterocycles. The van der Waals surface area contributed by atoms with Crippen LogP contribution in [0.1, 0.15) is 22.8 Å². The van der Waals surface area contributed by atoms with Gasteiger partial charge in [0.05, 0.1) is 4.92 Å². The van der Waals surface area contributed by atoms with E-state index in [0.717, 1.165) is 6.07 Å². The maximum absolute atomic E-state index is 10.8. The molecule has 0 saturated heterocycles. The van der Waals surface area contributed by atoms with Crippen molar-refractivity contribution in [3.63, 3.8) is 0 Å². The van der Waals surface area contributed by atoms with E-state index in [-0.39, 0.29) is 12.0 Å². The van der Waals surface area contributed by atoms with E-state index in [1.165, 1.54) is 0 Å². The number of nitro groups is 1. The van der Waals surface area contributed by atoms with E-state index in [4.69, 9.17) is 5.11 Å². The first kappa shape index (κ1) is 11.8. The Balaban J connectivity index is 3.71. The molecule has 7 heteroatoms. The Morgan fingerprint density at radius 1 is 1.50 bits per heavy atom. The SMILES string of the molecule is CCc1cc(O)c(O)c(C(=O)O)c1[N+](=O)[O-]. The number of carboxylic acids is 1. The molecule has 0 radical (unpaired) electrons. The molecule has 0 fully saturated rings. The largest absolute Gasteiger partial charge is 0.504 e. The Morgan fingerprint density at radius 3 is 2.44 bits per heavy atom. The van der Waals surface area contributed by atoms with Crippen molar-refractivity contribution in [3.05, 3.63) is 27.3 Å². The number of carboxylic acid groups (broad SMARTS) is 1. The van der Waals surface area contributed by atoms with E-state index < -0.39 is 33.6 Å². The lowest BCUT2D eigenvalue weighted by Crippen LogP contribution is -2.06. The first-order chi connectivity index (χ1) is 7.40. The zero-order valence-electron chi connectivity index (χ0n) is 8.30. The van der Waals surface area contributed by atoms with Crippen LogP contribution in [0.4, 0.5) is 5.69 Å². The molecule has 1 rings (SSSR count). The number of benzene rings is 1. The van der Waals surface area contributed by atoms with Crippen molar-refractivity contribution in [2.45, 2.75) is 13.3 Å². The number of carbonyl (C=O) groups is 1. The van der Waals surface area contributed by atoms with Gasteiger partial charge in [0.2, 0.25) is 0 Å². The molecule has 0 spiro atoms. The highest BCUT2D eigenvalue weighted by atomic mass is 16.6. The molecule has 0 bridgehead atoms. The van der Waals surface area contributed by atoms with Crippen LogP contribution in [0.15, 0.2) is 6.07 Å². The molecule has 0 aliphatic rings. The summed E-state index contributed by atoms with van der Waals surface area (Å²) in [6.45, 7) is 1.57. The fourth-order valence-electron chi connectivity index (χ4n) is 1.38. The highest BCUT2D eigenvalue weighted by molar-refractivity contribution is 5.97. The van der Waals surface area contributed by atoms with E-state index >= 15 is 0 Å². The quantitative estimate of drug-likeness (QED) is 0.406. The van der Waals surface area contributed by atoms with E-state index in [1.807, 2.05) is 0 Å². The molecular weight excluding hydrogens is 218 g/mol. The van der Waals surface area contributed by atoms with Gasteiger partial charge >= 0.3 is 5.97 Å². The van der Waals surface area contributed by atoms with Gasteiger partial charge in [-0.2, -0.15) is 0 Å². The van der Waals surface area contributed by atoms with Crippen molar-refractivity contribution in [2.75, 3.05) is 0 Å². The lowest BCUT2D eigenvalue weighted by molar-refractivity contribution is -0.386. The third kappa shape index (κ3) is 1.74. The van der Waals surface area contributed by atoms with E-state index in [2.05, 4.69) is 0 Å². The minimum Gasteiger partial charge on any atom is -0.504 e. The molecule has 0 unspecified atom stereocenters. The van der Waals surface area contributed by atoms with Gasteiger partial charge < -0.3 is 15.3 Å². The first-order valence-corrected chi connectivity index (χ1v) is 4.35. The standard InChI is InChI=1S/C9H9NO6/c1-2-4-3-5(11)8(12)6(9(13)14)7(4)10(15)16/h3,11-12H,2H2,1H3,(H,13,14). The average Bonchev–Trinajstić information content (AvgIpc) is 2.19. The van der Waals surface area contributed by atoms with E-state index in [9.17, 15) is 25.1 Å². The summed E-state index contributed by atoms with van der Waals surface area (Å²) in [5, 5.41) is 38.0. The Morgan fingerprint density at radius 2 is 2.06 bits per heavy atom. The molecule has 7 nitrogen and oxygen atoms in total. The molecule has 3 N–H and O–H groups in total. The highest BCUT2D eigenvalue weighted by Gasteiger charge is 2.30. The minimum atomic E-state index is -1.66. The van der Waals surface area contributed by atoms with Crippen LogP contribution in [0.5, 0.6) is 11.5 Å². The van der Waals surface area contributed by atoms with Gasteiger partial charge in [0.15, 0.2) is 17.1 Å². The normalized spacial score (nSPS) is 10.1. The zero-order valence-corrected chi connectivity index (χ0v) is 8.30. The van der Waals surface area contributed by atoms with Crippen molar-refractivity contribution in [3.8, 4) is 11.5 Å². The second kappa shape index (κ2) is 4.05. The molecule has 0 heterocycles. The lowest BCUT2D eigenvalue weighted by Gasteiger charge is -2.07. The van der Waals surface area contributed by atoms with Crippen molar-refractivity contribution >= 4 is 11.7 Å². The van der Waals surface area contributed by atoms with Gasteiger partial charge in [0.1, 0.15) is 0 Å². The summed E-state index contributed by atoms with van der Waals surface area (Å²) in [6, 6.07) is 0.986. The van der Waals surface area contributed by atoms with Crippen LogP contribution in [-0.4, -0.2) is 26.2 Å². The fourth-order valence-corrected chi connectivity index (χ4v) is 1.38. The van der Waals surface area contributed by atoms with Crippen molar-refractivity contribution in [2.24, 2.45) is 0 Å². The average molecular weight is 227 g/mol. The van der Waals surface area contributed by atoms with Crippen molar-refractivity contribution in [1.82, 2.24) is 0 Å². The molecule has 0 amide bonds. The monoisotopic (exact) mass is 227 g/mol. The predicted molar refractivity (Wildman–Crippen MR) is 52.8 cm³/mol. The Labute approximate surface area is 89.7 Å². The molecule has 1 aromatic carbocycles. The summed E-state index contributed by atoms with van der Waals surface area (Å²) in [6.07, 6.45) is 0.171. The van der Waals surface area contributed by atoms with Crippen molar-refractivity contribution < 1.29 is 25.0 Å². The van der Waals surface area contributed by atoms with Crippen LogP contribution < -0.4 is 0 Å². The fraction of sp³-hybridized carbons (Fsp3) is 0.222. The van der Waals surface area contributed by atoms with Crippen LogP contribution in [0.25, 0.3) is 0 Å². The molecule has 86 valence electrons. The van der Waals surface area contributed by atoms with Crippen LogP contribution in [0.2, 0.25) is 0 Å². The van der Waals surface area contributed by atoms with Gasteiger partial charge in [0.25, 0.3) is 5.69 Å². The molecule has 1 aromatic rings. The second-order valence-electron chi connectivity index (χ2n) is 3.04. The number of phenolic OH excluding ortho intramolecular Hbond substituents is 1. The van der Waals surface area contributed by atoms with Gasteiger partial charge in [-0.15, -0.1) is 0 Å². The number of nitrogens with zero attached hydrogens (tertiary/aromatic N) is 1. The predicted octanol–water partition coefficient (Wildman–Crippen LogP) is 1.27. The maximum Gasteiger partial charge on any atom is 0.346 e. The topological polar surface area (TPSA) is 121 Å². The van der Waals surface area contributed by atoms with Gasteiger partial charge in [-0.25, -0.2) is 4.79 Å². The third-order valence-electron chi connectivity index (χ3n) is 2.11. The highest BCUT2D eigenvalue weighted by Crippen LogP contribution is 2.38. The summed E-state index contributed by atoms with van der Waals surface area (Å²) < 4.78 is 0. The van der Waals surface area contributed by atoms with Crippen LogP contribution in [0.3, 0.4) is 0 Å². The van der Waals surface area contributed by atoms with E-state index in [1.54, 1.807) is 6.92 Å². The van der Waals surface area contributed by atoms with Gasteiger partial charge in [-0.05, 0) is 12.5 Å². The number of aryl methyl sites for hydroxylation is 1. The van der Waals surface area contributed by atoms with Gasteiger partial charge in [-0.1, -0.05) is 6.92 Å². The molecule has 0 atom stereocenters. The number of aromatic carboxylic acids is 1. The van der Waals surface area contributed by atoms with Crippen molar-refractivity contribution in [1.29, 1.82) is 0 Å². The summed E-state index contributed by atoms with van der Waals surface area (Å²) in [7, 11) is 0. The maximum atomic E-state index is 10.8. The summed E-state index contributed by atoms with van der Waals surface area (Å²) in [5.41, 5.74) is -1.52. The van der Waals surface area contributed by atoms with Gasteiger partial charge in [0, 0.05) is 5.56 Å². The van der Waals surface area contributed by atoms with Gasteiger partial charge in [-0.3, -0.25) is 10.1 Å². The molecule has 16 heavy (non-hydrogen) atoms. The summed E-state index contributed by atoms with van der Waals surface area (Å²) >= 11 is 0. The van der Waals surface area contributed by atoms with Crippen LogP contribution in [0, 0.1) is 10.1 Å². The number of phenols is 2. The molecule has 0 aromatic heterocycles. The Hall–Kier alpha value is -2.31. The Bertz CT molecular complexity index is 468. The number of hydrogen-bond acceptors (Lipinski definition) is 5. The number of hydrogen-bond donors (Lipinski definition) is 3. The zero-order chi connectivity index (χ0) is 12.5. The second-order valence-corrected chi connectivity index (χ2v) is 3.04. The van der Waals surface area contributed by atoms with Crippen LogP contribution >= 0.6 is 0 Å². The van der Waals surface area contributed by atoms with Crippen LogP contribution in [-0.2, 0) is 6.42 Å². The molecule has 0 saturated carbocycles. The summed E-state index contributed by atoms with van der Waals surface area (Å²) in [5.74, 6) is -3.33. The lowest BCUT2D eigenvalue weighted by atomic mass is 10.0. The number of rotatable bonds is 3. The summed E-state index contributed by atoms with van der Waals surface area (Å²) in [4.78, 5) is 20.6. The first-order valence-electron chi connectivity index (χ1n) is 4.35. The molecular formula is C9H9NO6. The number of aromatic hydroxyl groups is 2. The van der Waals surface area contributed by atoms with E-state index in [0.29, 0.717) is 0 Å². The smallest absolute Gasteiger partial charge is 0.346 e. The third-order valence-corrected chi connectivity index (χ3v) is 2.11. The number of nitro benzene ring substituents is 1. The minimum absolute atomic E-state index is 0.0534. The molecule has 0 aliphatic carbocycles.